The summed E-state index contributed by atoms with van der Waals surface area (Å²) in [6.07, 6.45) is 0. The summed E-state index contributed by atoms with van der Waals surface area (Å²) >= 11 is 0. The summed E-state index contributed by atoms with van der Waals surface area (Å²) in [5.74, 6) is 5.85. The van der Waals surface area contributed by atoms with E-state index < -0.39 is 4.92 Å². The number of nitro groups is 1. The molecule has 2 rings (SSSR count). The lowest BCUT2D eigenvalue weighted by molar-refractivity contribution is -0.384. The molecule has 0 heterocycles. The van der Waals surface area contributed by atoms with Crippen LogP contribution in [0.1, 0.15) is 12.5 Å². The monoisotopic (exact) mass is 237 g/mol. The molecule has 0 aliphatic carbocycles. The van der Waals surface area contributed by atoms with Crippen LogP contribution in [0.3, 0.4) is 0 Å². The third kappa shape index (κ3) is 2.38. The van der Waals surface area contributed by atoms with Crippen molar-refractivity contribution in [2.45, 2.75) is 6.92 Å². The van der Waals surface area contributed by atoms with E-state index in [0.29, 0.717) is 0 Å². The molecule has 0 N–H and O–H groups in total. The van der Waals surface area contributed by atoms with Gasteiger partial charge in [0.25, 0.3) is 5.69 Å². The minimum atomic E-state index is -0.391. The van der Waals surface area contributed by atoms with Gasteiger partial charge in [-0.15, -0.1) is 5.92 Å². The summed E-state index contributed by atoms with van der Waals surface area (Å²) in [5.41, 5.74) is 2.69. The van der Waals surface area contributed by atoms with E-state index in [4.69, 9.17) is 0 Å². The standard InChI is InChI=1S/C15H11NO2/c1-2-6-12-7-3-4-10-15(12)13-8-5-9-14(11-13)16(17)18/h3-5,7-11H,1H3. The largest absolute Gasteiger partial charge is 0.270 e. The predicted molar refractivity (Wildman–Crippen MR) is 71.1 cm³/mol. The molecule has 0 saturated heterocycles. The fourth-order valence-electron chi connectivity index (χ4n) is 1.77. The molecule has 0 spiro atoms. The average Bonchev–Trinajstić information content (AvgIpc) is 2.40. The molecule has 2 aromatic carbocycles. The summed E-state index contributed by atoms with van der Waals surface area (Å²) < 4.78 is 0. The van der Waals surface area contributed by atoms with Gasteiger partial charge in [0.15, 0.2) is 0 Å². The van der Waals surface area contributed by atoms with Crippen LogP contribution in [0.4, 0.5) is 5.69 Å². The van der Waals surface area contributed by atoms with Gasteiger partial charge in [0.2, 0.25) is 0 Å². The fourth-order valence-corrected chi connectivity index (χ4v) is 1.77. The number of hydrogen-bond donors (Lipinski definition) is 0. The third-order valence-corrected chi connectivity index (χ3v) is 2.55. The Morgan fingerprint density at radius 3 is 2.61 bits per heavy atom. The fraction of sp³-hybridized carbons (Fsp3) is 0.0667. The summed E-state index contributed by atoms with van der Waals surface area (Å²) in [7, 11) is 0. The smallest absolute Gasteiger partial charge is 0.258 e. The van der Waals surface area contributed by atoms with E-state index in [1.807, 2.05) is 30.3 Å². The Kier molecular flexibility index (Phi) is 3.40. The van der Waals surface area contributed by atoms with Gasteiger partial charge in [-0.05, 0) is 24.1 Å². The second-order valence-electron chi connectivity index (χ2n) is 3.73. The highest BCUT2D eigenvalue weighted by Crippen LogP contribution is 2.26. The molecular formula is C15H11NO2. The van der Waals surface area contributed by atoms with E-state index in [1.165, 1.54) is 6.07 Å². The maximum absolute atomic E-state index is 10.8. The van der Waals surface area contributed by atoms with Crippen molar-refractivity contribution < 1.29 is 4.92 Å². The average molecular weight is 237 g/mol. The Morgan fingerprint density at radius 2 is 1.89 bits per heavy atom. The highest BCUT2D eigenvalue weighted by molar-refractivity contribution is 5.72. The van der Waals surface area contributed by atoms with Gasteiger partial charge < -0.3 is 0 Å². The van der Waals surface area contributed by atoms with Crippen molar-refractivity contribution in [1.29, 1.82) is 0 Å². The van der Waals surface area contributed by atoms with Crippen molar-refractivity contribution >= 4 is 5.69 Å². The Morgan fingerprint density at radius 1 is 1.11 bits per heavy atom. The maximum atomic E-state index is 10.8. The lowest BCUT2D eigenvalue weighted by atomic mass is 9.99. The Balaban J connectivity index is 2.57. The van der Waals surface area contributed by atoms with Crippen LogP contribution < -0.4 is 0 Å². The zero-order valence-electron chi connectivity index (χ0n) is 9.88. The molecular weight excluding hydrogens is 226 g/mol. The van der Waals surface area contributed by atoms with Crippen molar-refractivity contribution in [2.24, 2.45) is 0 Å². The lowest BCUT2D eigenvalue weighted by Crippen LogP contribution is -1.89. The first-order valence-corrected chi connectivity index (χ1v) is 5.49. The first-order valence-electron chi connectivity index (χ1n) is 5.49. The van der Waals surface area contributed by atoms with E-state index in [1.54, 1.807) is 19.1 Å². The molecule has 0 unspecified atom stereocenters. The lowest BCUT2D eigenvalue weighted by Gasteiger charge is -2.04. The second-order valence-corrected chi connectivity index (χ2v) is 3.73. The number of nitrogens with zero attached hydrogens (tertiary/aromatic N) is 1. The summed E-state index contributed by atoms with van der Waals surface area (Å²) in [6, 6.07) is 14.2. The Hall–Kier alpha value is -2.60. The topological polar surface area (TPSA) is 43.1 Å². The molecule has 0 saturated carbocycles. The van der Waals surface area contributed by atoms with Gasteiger partial charge in [0, 0.05) is 17.7 Å². The normalized spacial score (nSPS) is 9.39. The molecule has 3 heteroatoms. The van der Waals surface area contributed by atoms with Crippen molar-refractivity contribution in [1.82, 2.24) is 0 Å². The molecule has 0 bridgehead atoms. The zero-order chi connectivity index (χ0) is 13.0. The highest BCUT2D eigenvalue weighted by Gasteiger charge is 2.08. The first kappa shape index (κ1) is 11.9. The van der Waals surface area contributed by atoms with Gasteiger partial charge in [0.05, 0.1) is 4.92 Å². The number of nitro benzene ring substituents is 1. The molecule has 0 radical (unpaired) electrons. The van der Waals surface area contributed by atoms with Crippen molar-refractivity contribution in [3.63, 3.8) is 0 Å². The number of rotatable bonds is 2. The zero-order valence-corrected chi connectivity index (χ0v) is 9.88. The molecule has 3 nitrogen and oxygen atoms in total. The number of benzene rings is 2. The van der Waals surface area contributed by atoms with E-state index >= 15 is 0 Å². The van der Waals surface area contributed by atoms with Crippen molar-refractivity contribution in [2.75, 3.05) is 0 Å². The summed E-state index contributed by atoms with van der Waals surface area (Å²) in [5, 5.41) is 10.8. The Bertz CT molecular complexity index is 651. The molecule has 18 heavy (non-hydrogen) atoms. The van der Waals surface area contributed by atoms with E-state index in [0.717, 1.165) is 16.7 Å². The van der Waals surface area contributed by atoms with Crippen LogP contribution in [0.25, 0.3) is 11.1 Å². The summed E-state index contributed by atoms with van der Waals surface area (Å²) in [4.78, 5) is 10.4. The summed E-state index contributed by atoms with van der Waals surface area (Å²) in [6.45, 7) is 1.77. The minimum absolute atomic E-state index is 0.0896. The van der Waals surface area contributed by atoms with E-state index in [-0.39, 0.29) is 5.69 Å². The van der Waals surface area contributed by atoms with Gasteiger partial charge in [-0.25, -0.2) is 0 Å². The Labute approximate surface area is 105 Å². The number of non-ortho nitro benzene ring substituents is 1. The maximum Gasteiger partial charge on any atom is 0.270 e. The quantitative estimate of drug-likeness (QED) is 0.454. The first-order chi connectivity index (χ1) is 8.72. The molecule has 0 aromatic heterocycles. The van der Waals surface area contributed by atoms with Gasteiger partial charge in [-0.3, -0.25) is 10.1 Å². The van der Waals surface area contributed by atoms with Gasteiger partial charge >= 0.3 is 0 Å². The molecule has 2 aromatic rings. The van der Waals surface area contributed by atoms with Crippen LogP contribution in [0.2, 0.25) is 0 Å². The van der Waals surface area contributed by atoms with Crippen LogP contribution in [-0.4, -0.2) is 4.92 Å². The molecule has 0 fully saturated rings. The molecule has 0 aliphatic rings. The second kappa shape index (κ2) is 5.15. The molecule has 88 valence electrons. The van der Waals surface area contributed by atoms with Crippen molar-refractivity contribution in [3.8, 4) is 23.0 Å². The molecule has 0 atom stereocenters. The van der Waals surface area contributed by atoms with Gasteiger partial charge in [0.1, 0.15) is 0 Å². The van der Waals surface area contributed by atoms with Crippen LogP contribution in [0.5, 0.6) is 0 Å². The minimum Gasteiger partial charge on any atom is -0.258 e. The van der Waals surface area contributed by atoms with Crippen LogP contribution >= 0.6 is 0 Å². The van der Waals surface area contributed by atoms with Crippen molar-refractivity contribution in [3.05, 3.63) is 64.2 Å². The van der Waals surface area contributed by atoms with Crippen LogP contribution in [-0.2, 0) is 0 Å². The number of hydrogen-bond acceptors (Lipinski definition) is 2. The van der Waals surface area contributed by atoms with Crippen LogP contribution in [0, 0.1) is 22.0 Å². The third-order valence-electron chi connectivity index (χ3n) is 2.55. The molecule has 0 aliphatic heterocycles. The van der Waals surface area contributed by atoms with Gasteiger partial charge in [-0.1, -0.05) is 36.3 Å². The van der Waals surface area contributed by atoms with Crippen LogP contribution in [0.15, 0.2) is 48.5 Å². The van der Waals surface area contributed by atoms with Gasteiger partial charge in [-0.2, -0.15) is 0 Å². The SMILES string of the molecule is CC#Cc1ccccc1-c1cccc([N+](=O)[O-])c1. The molecule has 0 amide bonds. The van der Waals surface area contributed by atoms with E-state index in [9.17, 15) is 10.1 Å². The highest BCUT2D eigenvalue weighted by atomic mass is 16.6. The van der Waals surface area contributed by atoms with E-state index in [2.05, 4.69) is 11.8 Å². The predicted octanol–water partition coefficient (Wildman–Crippen LogP) is 3.63.